The lowest BCUT2D eigenvalue weighted by atomic mass is 9.95. The first-order chi connectivity index (χ1) is 8.04. The zero-order valence-electron chi connectivity index (χ0n) is 10.2. The van der Waals surface area contributed by atoms with E-state index >= 15 is 0 Å². The molecule has 1 nitrogen and oxygen atoms in total. The molecule has 94 valence electrons. The van der Waals surface area contributed by atoms with Gasteiger partial charge in [0.2, 0.25) is 5.92 Å². The van der Waals surface area contributed by atoms with Crippen LogP contribution < -0.4 is 5.32 Å². The summed E-state index contributed by atoms with van der Waals surface area (Å²) >= 11 is 0. The van der Waals surface area contributed by atoms with Crippen LogP contribution in [0, 0.1) is 0 Å². The van der Waals surface area contributed by atoms with Crippen molar-refractivity contribution < 1.29 is 8.78 Å². The zero-order valence-corrected chi connectivity index (χ0v) is 10.2. The van der Waals surface area contributed by atoms with Crippen LogP contribution in [0.4, 0.5) is 8.78 Å². The van der Waals surface area contributed by atoms with Crippen molar-refractivity contribution >= 4 is 0 Å². The van der Waals surface area contributed by atoms with E-state index in [0.29, 0.717) is 6.04 Å². The van der Waals surface area contributed by atoms with Gasteiger partial charge in [0.1, 0.15) is 0 Å². The number of benzene rings is 1. The number of piperidine rings is 1. The van der Waals surface area contributed by atoms with Crippen molar-refractivity contribution in [3.63, 3.8) is 0 Å². The van der Waals surface area contributed by atoms with Crippen LogP contribution in [0.15, 0.2) is 24.3 Å². The van der Waals surface area contributed by atoms with Gasteiger partial charge in [-0.25, -0.2) is 8.78 Å². The molecule has 0 radical (unpaired) electrons. The molecule has 0 spiro atoms. The van der Waals surface area contributed by atoms with E-state index in [1.165, 1.54) is 12.8 Å². The van der Waals surface area contributed by atoms with Crippen LogP contribution in [0.2, 0.25) is 0 Å². The summed E-state index contributed by atoms with van der Waals surface area (Å²) in [5.74, 6) is -2.63. The van der Waals surface area contributed by atoms with Crippen LogP contribution in [0.5, 0.6) is 0 Å². The molecule has 1 unspecified atom stereocenters. The summed E-state index contributed by atoms with van der Waals surface area (Å²) in [5, 5.41) is 3.44. The van der Waals surface area contributed by atoms with E-state index in [4.69, 9.17) is 0 Å². The molecule has 0 saturated carbocycles. The number of alkyl halides is 2. The average Bonchev–Trinajstić information content (AvgIpc) is 2.28. The summed E-state index contributed by atoms with van der Waals surface area (Å²) in [4.78, 5) is 0. The third-order valence-electron chi connectivity index (χ3n) is 3.18. The predicted octanol–water partition coefficient (Wildman–Crippen LogP) is 3.70. The molecule has 1 aliphatic heterocycles. The van der Waals surface area contributed by atoms with Gasteiger partial charge in [0.25, 0.3) is 0 Å². The lowest BCUT2D eigenvalue weighted by Gasteiger charge is -2.24. The molecule has 1 aliphatic rings. The SMILES string of the molecule is CC(F)(F)Cc1cccc(C2CCCCN2)c1. The molecule has 0 bridgehead atoms. The monoisotopic (exact) mass is 239 g/mol. The standard InChI is InChI=1S/C14H19F2N/c1-14(15,16)10-11-5-4-6-12(9-11)13-7-2-3-8-17-13/h4-6,9,13,17H,2-3,7-8,10H2,1H3. The first-order valence-electron chi connectivity index (χ1n) is 6.25. The second kappa shape index (κ2) is 5.13. The molecule has 0 aliphatic carbocycles. The van der Waals surface area contributed by atoms with E-state index in [1.54, 1.807) is 6.07 Å². The van der Waals surface area contributed by atoms with Crippen molar-refractivity contribution in [1.29, 1.82) is 0 Å². The molecule has 0 amide bonds. The summed E-state index contributed by atoms with van der Waals surface area (Å²) in [7, 11) is 0. The number of rotatable bonds is 3. The summed E-state index contributed by atoms with van der Waals surface area (Å²) in [6, 6.07) is 7.95. The maximum Gasteiger partial charge on any atom is 0.249 e. The van der Waals surface area contributed by atoms with Gasteiger partial charge >= 0.3 is 0 Å². The quantitative estimate of drug-likeness (QED) is 0.848. The van der Waals surface area contributed by atoms with Crippen molar-refractivity contribution in [2.45, 2.75) is 44.6 Å². The summed E-state index contributed by atoms with van der Waals surface area (Å²) in [5.41, 5.74) is 1.87. The molecule has 2 rings (SSSR count). The van der Waals surface area contributed by atoms with Crippen LogP contribution in [0.25, 0.3) is 0 Å². The van der Waals surface area contributed by atoms with Crippen LogP contribution in [-0.4, -0.2) is 12.5 Å². The fourth-order valence-electron chi connectivity index (χ4n) is 2.41. The van der Waals surface area contributed by atoms with Gasteiger partial charge in [0, 0.05) is 12.5 Å². The van der Waals surface area contributed by atoms with Crippen molar-refractivity contribution in [3.8, 4) is 0 Å². The van der Waals surface area contributed by atoms with Crippen molar-refractivity contribution in [2.75, 3.05) is 6.54 Å². The Morgan fingerprint density at radius 2 is 2.18 bits per heavy atom. The van der Waals surface area contributed by atoms with Crippen LogP contribution in [0.1, 0.15) is 43.4 Å². The van der Waals surface area contributed by atoms with Crippen LogP contribution in [0.3, 0.4) is 0 Å². The van der Waals surface area contributed by atoms with E-state index in [-0.39, 0.29) is 6.42 Å². The van der Waals surface area contributed by atoms with Gasteiger partial charge < -0.3 is 5.32 Å². The van der Waals surface area contributed by atoms with Gasteiger partial charge in [-0.05, 0) is 37.4 Å². The Morgan fingerprint density at radius 1 is 1.35 bits per heavy atom. The minimum Gasteiger partial charge on any atom is -0.310 e. The Kier molecular flexibility index (Phi) is 3.77. The number of hydrogen-bond acceptors (Lipinski definition) is 1. The van der Waals surface area contributed by atoms with Gasteiger partial charge in [-0.2, -0.15) is 0 Å². The zero-order chi connectivity index (χ0) is 12.3. The molecule has 3 heteroatoms. The Bertz CT molecular complexity index is 365. The highest BCUT2D eigenvalue weighted by molar-refractivity contribution is 5.27. The molecule has 0 aromatic heterocycles. The van der Waals surface area contributed by atoms with Gasteiger partial charge in [0.05, 0.1) is 0 Å². The first-order valence-corrected chi connectivity index (χ1v) is 6.25. The first kappa shape index (κ1) is 12.5. The lowest BCUT2D eigenvalue weighted by molar-refractivity contribution is 0.0226. The summed E-state index contributed by atoms with van der Waals surface area (Å²) in [6.07, 6.45) is 3.36. The third kappa shape index (κ3) is 3.77. The fourth-order valence-corrected chi connectivity index (χ4v) is 2.41. The molecular formula is C14H19F2N. The molecule has 17 heavy (non-hydrogen) atoms. The van der Waals surface area contributed by atoms with Crippen LogP contribution in [-0.2, 0) is 6.42 Å². The second-order valence-corrected chi connectivity index (χ2v) is 4.99. The molecule has 1 aromatic carbocycles. The fraction of sp³-hybridized carbons (Fsp3) is 0.571. The molecule has 1 heterocycles. The van der Waals surface area contributed by atoms with E-state index in [2.05, 4.69) is 5.32 Å². The largest absolute Gasteiger partial charge is 0.310 e. The smallest absolute Gasteiger partial charge is 0.249 e. The maximum atomic E-state index is 13.0. The van der Waals surface area contributed by atoms with Crippen molar-refractivity contribution in [3.05, 3.63) is 35.4 Å². The number of nitrogens with one attached hydrogen (secondary N) is 1. The van der Waals surface area contributed by atoms with Gasteiger partial charge in [-0.15, -0.1) is 0 Å². The van der Waals surface area contributed by atoms with E-state index in [9.17, 15) is 8.78 Å². The minimum atomic E-state index is -2.63. The van der Waals surface area contributed by atoms with Gasteiger partial charge in [0.15, 0.2) is 0 Å². The topological polar surface area (TPSA) is 12.0 Å². The Morgan fingerprint density at radius 3 is 2.82 bits per heavy atom. The maximum absolute atomic E-state index is 13.0. The minimum absolute atomic E-state index is 0.173. The summed E-state index contributed by atoms with van der Waals surface area (Å²) in [6.45, 7) is 2.00. The lowest BCUT2D eigenvalue weighted by Crippen LogP contribution is -2.26. The molecule has 1 N–H and O–H groups in total. The number of halogens is 2. The average molecular weight is 239 g/mol. The molecule has 1 saturated heterocycles. The normalized spacial score (nSPS) is 21.5. The Labute approximate surface area is 101 Å². The van der Waals surface area contributed by atoms with Crippen molar-refractivity contribution in [2.24, 2.45) is 0 Å². The molecule has 1 atom stereocenters. The summed E-state index contributed by atoms with van der Waals surface area (Å²) < 4.78 is 25.9. The molecule has 1 aromatic rings. The highest BCUT2D eigenvalue weighted by Crippen LogP contribution is 2.25. The molecular weight excluding hydrogens is 220 g/mol. The Balaban J connectivity index is 2.10. The van der Waals surface area contributed by atoms with E-state index < -0.39 is 5.92 Å². The third-order valence-corrected chi connectivity index (χ3v) is 3.18. The highest BCUT2D eigenvalue weighted by Gasteiger charge is 2.22. The van der Waals surface area contributed by atoms with E-state index in [1.807, 2.05) is 18.2 Å². The van der Waals surface area contributed by atoms with E-state index in [0.717, 1.165) is 31.0 Å². The highest BCUT2D eigenvalue weighted by atomic mass is 19.3. The van der Waals surface area contributed by atoms with Crippen molar-refractivity contribution in [1.82, 2.24) is 5.32 Å². The second-order valence-electron chi connectivity index (χ2n) is 4.99. The van der Waals surface area contributed by atoms with Gasteiger partial charge in [-0.3, -0.25) is 0 Å². The molecule has 1 fully saturated rings. The van der Waals surface area contributed by atoms with Crippen LogP contribution >= 0.6 is 0 Å². The number of hydrogen-bond donors (Lipinski definition) is 1. The predicted molar refractivity (Wildman–Crippen MR) is 65.4 cm³/mol. The Hall–Kier alpha value is -0.960. The van der Waals surface area contributed by atoms with Gasteiger partial charge in [-0.1, -0.05) is 30.7 Å².